The van der Waals surface area contributed by atoms with Crippen molar-refractivity contribution < 1.29 is 9.30 Å². The maximum atomic E-state index is 6.13. The van der Waals surface area contributed by atoms with Crippen LogP contribution in [0.4, 0.5) is 17.2 Å². The quantitative estimate of drug-likeness (QED) is 0.579. The van der Waals surface area contributed by atoms with Gasteiger partial charge in [0.15, 0.2) is 12.4 Å². The Morgan fingerprint density at radius 1 is 1.17 bits per heavy atom. The molecule has 24 heavy (non-hydrogen) atoms. The molecule has 0 fully saturated rings. The molecular formula is C17H19N6O+. The molecule has 0 aliphatic rings. The third kappa shape index (κ3) is 3.40. The molecule has 0 radical (unpaired) electrons. The van der Waals surface area contributed by atoms with E-state index in [1.165, 1.54) is 0 Å². The van der Waals surface area contributed by atoms with Gasteiger partial charge in [0.2, 0.25) is 0 Å². The Labute approximate surface area is 140 Å². The number of ether oxygens (including phenoxy) is 1. The van der Waals surface area contributed by atoms with Crippen molar-refractivity contribution in [2.45, 2.75) is 6.54 Å². The second kappa shape index (κ2) is 6.91. The van der Waals surface area contributed by atoms with Crippen LogP contribution in [-0.2, 0) is 13.6 Å². The Morgan fingerprint density at radius 3 is 2.75 bits per heavy atom. The van der Waals surface area contributed by atoms with E-state index in [1.54, 1.807) is 18.0 Å². The van der Waals surface area contributed by atoms with Crippen LogP contribution in [0.25, 0.3) is 0 Å². The van der Waals surface area contributed by atoms with Crippen LogP contribution in [0.1, 0.15) is 5.56 Å². The van der Waals surface area contributed by atoms with Crippen LogP contribution >= 0.6 is 0 Å². The lowest BCUT2D eigenvalue weighted by molar-refractivity contribution is -0.671. The van der Waals surface area contributed by atoms with Crippen molar-refractivity contribution in [1.29, 1.82) is 0 Å². The lowest BCUT2D eigenvalue weighted by Gasteiger charge is -2.03. The van der Waals surface area contributed by atoms with Crippen LogP contribution in [-0.4, -0.2) is 16.9 Å². The zero-order valence-electron chi connectivity index (χ0n) is 13.6. The predicted molar refractivity (Wildman–Crippen MR) is 90.5 cm³/mol. The minimum Gasteiger partial charge on any atom is -0.494 e. The van der Waals surface area contributed by atoms with Crippen molar-refractivity contribution in [3.05, 3.63) is 60.6 Å². The maximum Gasteiger partial charge on any atom is 0.173 e. The van der Waals surface area contributed by atoms with Gasteiger partial charge in [-0.2, -0.15) is 5.10 Å². The van der Waals surface area contributed by atoms with Crippen molar-refractivity contribution in [2.75, 3.05) is 12.8 Å². The van der Waals surface area contributed by atoms with Gasteiger partial charge in [-0.15, -0.1) is 10.2 Å². The van der Waals surface area contributed by atoms with E-state index in [9.17, 15) is 0 Å². The number of aromatic nitrogens is 3. The fourth-order valence-electron chi connectivity index (χ4n) is 2.32. The fraction of sp³-hybridized carbons (Fsp3) is 0.176. The summed E-state index contributed by atoms with van der Waals surface area (Å²) in [6.45, 7) is 0.574. The summed E-state index contributed by atoms with van der Waals surface area (Å²) in [7, 11) is 3.57. The second-order valence-electron chi connectivity index (χ2n) is 5.32. The Morgan fingerprint density at radius 2 is 1.96 bits per heavy atom. The lowest BCUT2D eigenvalue weighted by atomic mass is 10.3. The molecule has 2 N–H and O–H groups in total. The van der Waals surface area contributed by atoms with Crippen LogP contribution in [0.2, 0.25) is 0 Å². The number of nitrogens with zero attached hydrogens (tertiary/aromatic N) is 5. The van der Waals surface area contributed by atoms with Crippen molar-refractivity contribution in [3.8, 4) is 5.75 Å². The molecule has 0 bridgehead atoms. The minimum absolute atomic E-state index is 0.472. The highest BCUT2D eigenvalue weighted by atomic mass is 16.5. The first-order valence-electron chi connectivity index (χ1n) is 7.47. The minimum atomic E-state index is 0.472. The monoisotopic (exact) mass is 323 g/mol. The summed E-state index contributed by atoms with van der Waals surface area (Å²) >= 11 is 0. The molecule has 0 spiro atoms. The molecule has 0 saturated carbocycles. The molecule has 7 heteroatoms. The summed E-state index contributed by atoms with van der Waals surface area (Å²) in [5.74, 6) is 1.13. The van der Waals surface area contributed by atoms with Crippen LogP contribution in [0, 0.1) is 0 Å². The average molecular weight is 323 g/mol. The maximum absolute atomic E-state index is 6.13. The Kier molecular flexibility index (Phi) is 4.51. The zero-order chi connectivity index (χ0) is 16.9. The molecular weight excluding hydrogens is 304 g/mol. The summed E-state index contributed by atoms with van der Waals surface area (Å²) in [6, 6.07) is 11.4. The molecule has 0 unspecified atom stereocenters. The Balaban J connectivity index is 1.81. The molecule has 0 saturated heterocycles. The summed E-state index contributed by atoms with van der Waals surface area (Å²) < 4.78 is 8.94. The molecule has 0 amide bonds. The van der Waals surface area contributed by atoms with Crippen molar-refractivity contribution >= 4 is 17.2 Å². The van der Waals surface area contributed by atoms with Gasteiger partial charge in [0.05, 0.1) is 19.9 Å². The van der Waals surface area contributed by atoms with Gasteiger partial charge in [0.1, 0.15) is 30.0 Å². The number of anilines is 1. The number of pyridine rings is 1. The number of aryl methyl sites for hydroxylation is 1. The van der Waals surface area contributed by atoms with Crippen molar-refractivity contribution in [1.82, 2.24) is 9.78 Å². The molecule has 0 atom stereocenters. The standard InChI is InChI=1S/C17H19N6O/c1-22-9-5-6-13(11-22)12-23-17(18)15(10-19-23)21-20-14-7-3-4-8-16(14)24-2/h3-11H,12,18H2,1-2H3/q+1. The van der Waals surface area contributed by atoms with E-state index < -0.39 is 0 Å². The van der Waals surface area contributed by atoms with Gasteiger partial charge >= 0.3 is 0 Å². The van der Waals surface area contributed by atoms with E-state index >= 15 is 0 Å². The number of azo groups is 1. The van der Waals surface area contributed by atoms with Gasteiger partial charge in [-0.1, -0.05) is 12.1 Å². The van der Waals surface area contributed by atoms with Crippen LogP contribution < -0.4 is 15.0 Å². The average Bonchev–Trinajstić information content (AvgIpc) is 2.93. The smallest absolute Gasteiger partial charge is 0.173 e. The molecule has 1 aromatic carbocycles. The van der Waals surface area contributed by atoms with Crippen LogP contribution in [0.15, 0.2) is 65.2 Å². The SMILES string of the molecule is COc1ccccc1N=Nc1cnn(Cc2ccc[n+](C)c2)c1N. The highest BCUT2D eigenvalue weighted by Crippen LogP contribution is 2.30. The lowest BCUT2D eigenvalue weighted by Crippen LogP contribution is -2.27. The summed E-state index contributed by atoms with van der Waals surface area (Å²) in [5.41, 5.74) is 8.40. The highest BCUT2D eigenvalue weighted by molar-refractivity contribution is 5.57. The van der Waals surface area contributed by atoms with Gasteiger partial charge in [-0.05, 0) is 18.2 Å². The number of nitrogen functional groups attached to an aromatic ring is 1. The first-order chi connectivity index (χ1) is 11.7. The van der Waals surface area contributed by atoms with E-state index in [1.807, 2.05) is 60.4 Å². The van der Waals surface area contributed by atoms with E-state index in [4.69, 9.17) is 10.5 Å². The van der Waals surface area contributed by atoms with E-state index in [2.05, 4.69) is 15.3 Å². The summed E-state index contributed by atoms with van der Waals surface area (Å²) in [5, 5.41) is 12.7. The molecule has 0 aliphatic heterocycles. The second-order valence-corrected chi connectivity index (χ2v) is 5.32. The zero-order valence-corrected chi connectivity index (χ0v) is 13.6. The third-order valence-electron chi connectivity index (χ3n) is 3.54. The number of hydrogen-bond donors (Lipinski definition) is 1. The molecule has 122 valence electrons. The van der Waals surface area contributed by atoms with Gasteiger partial charge in [0.25, 0.3) is 0 Å². The number of para-hydroxylation sites is 1. The first-order valence-corrected chi connectivity index (χ1v) is 7.47. The first kappa shape index (κ1) is 15.7. The Bertz CT molecular complexity index is 871. The summed E-state index contributed by atoms with van der Waals surface area (Å²) in [6.07, 6.45) is 5.61. The predicted octanol–water partition coefficient (Wildman–Crippen LogP) is 2.76. The van der Waals surface area contributed by atoms with Crippen LogP contribution in [0.5, 0.6) is 5.75 Å². The van der Waals surface area contributed by atoms with Crippen LogP contribution in [0.3, 0.4) is 0 Å². The molecule has 2 aromatic heterocycles. The van der Waals surface area contributed by atoms with E-state index in [0.717, 1.165) is 5.56 Å². The largest absolute Gasteiger partial charge is 0.494 e. The molecule has 2 heterocycles. The highest BCUT2D eigenvalue weighted by Gasteiger charge is 2.09. The van der Waals surface area contributed by atoms with Crippen molar-refractivity contribution in [2.24, 2.45) is 17.3 Å². The molecule has 3 aromatic rings. The normalized spacial score (nSPS) is 11.1. The topological polar surface area (TPSA) is 81.7 Å². The molecule has 7 nitrogen and oxygen atoms in total. The number of rotatable bonds is 5. The number of nitrogens with two attached hydrogens (primary N) is 1. The molecule has 3 rings (SSSR count). The third-order valence-corrected chi connectivity index (χ3v) is 3.54. The molecule has 0 aliphatic carbocycles. The van der Waals surface area contributed by atoms with Gasteiger partial charge in [-0.25, -0.2) is 9.25 Å². The fourth-order valence-corrected chi connectivity index (χ4v) is 2.32. The van der Waals surface area contributed by atoms with E-state index in [-0.39, 0.29) is 0 Å². The number of methoxy groups -OCH3 is 1. The number of hydrogen-bond acceptors (Lipinski definition) is 5. The number of benzene rings is 1. The van der Waals surface area contributed by atoms with Crippen molar-refractivity contribution in [3.63, 3.8) is 0 Å². The Hall–Kier alpha value is -3.22. The van der Waals surface area contributed by atoms with Gasteiger partial charge in [0, 0.05) is 11.6 Å². The summed E-state index contributed by atoms with van der Waals surface area (Å²) in [4.78, 5) is 0. The van der Waals surface area contributed by atoms with Gasteiger partial charge < -0.3 is 10.5 Å². The van der Waals surface area contributed by atoms with E-state index in [0.29, 0.717) is 29.5 Å². The van der Waals surface area contributed by atoms with Gasteiger partial charge in [-0.3, -0.25) is 0 Å².